The fourth-order valence-electron chi connectivity index (χ4n) is 2.50. The minimum absolute atomic E-state index is 0.169. The van der Waals surface area contributed by atoms with Crippen LogP contribution in [-0.4, -0.2) is 15.8 Å². The molecule has 1 N–H and O–H groups in total. The lowest BCUT2D eigenvalue weighted by molar-refractivity contribution is 0.563. The largest absolute Gasteiger partial charge is 0.376 e. The summed E-state index contributed by atoms with van der Waals surface area (Å²) in [6, 6.07) is 0.381. The highest BCUT2D eigenvalue weighted by Gasteiger charge is 2.42. The lowest BCUT2D eigenvalue weighted by atomic mass is 10.1. The quantitative estimate of drug-likeness (QED) is 0.839. The van der Waals surface area contributed by atoms with Gasteiger partial charge < -0.3 is 5.32 Å². The van der Waals surface area contributed by atoms with Crippen LogP contribution < -0.4 is 10.9 Å². The molecule has 0 amide bonds. The van der Waals surface area contributed by atoms with E-state index < -0.39 is 0 Å². The van der Waals surface area contributed by atoms with Crippen molar-refractivity contribution in [2.24, 2.45) is 11.8 Å². The summed E-state index contributed by atoms with van der Waals surface area (Å²) in [5.41, 5.74) is 0.229. The van der Waals surface area contributed by atoms with Gasteiger partial charge in [-0.25, -0.2) is 4.68 Å². The van der Waals surface area contributed by atoms with E-state index in [9.17, 15) is 4.79 Å². The van der Waals surface area contributed by atoms with Crippen molar-refractivity contribution in [1.82, 2.24) is 9.78 Å². The molecule has 0 aliphatic heterocycles. The van der Waals surface area contributed by atoms with E-state index in [0.717, 1.165) is 0 Å². The molecule has 0 spiro atoms. The van der Waals surface area contributed by atoms with Gasteiger partial charge in [-0.1, -0.05) is 17.5 Å². The molecular weight excluding hydrogens is 262 g/mol. The van der Waals surface area contributed by atoms with Crippen molar-refractivity contribution in [3.63, 3.8) is 0 Å². The summed E-state index contributed by atoms with van der Waals surface area (Å²) in [4.78, 5) is 12.3. The molecule has 1 aromatic rings. The van der Waals surface area contributed by atoms with Gasteiger partial charge in [0.1, 0.15) is 12.2 Å². The lowest BCUT2D eigenvalue weighted by Crippen LogP contribution is -2.32. The van der Waals surface area contributed by atoms with Crippen molar-refractivity contribution in [3.8, 4) is 12.3 Å². The van der Waals surface area contributed by atoms with E-state index in [1.165, 1.54) is 36.6 Å². The predicted molar refractivity (Wildman–Crippen MR) is 75.2 cm³/mol. The van der Waals surface area contributed by atoms with E-state index in [0.29, 0.717) is 28.6 Å². The van der Waals surface area contributed by atoms with Crippen molar-refractivity contribution in [2.45, 2.75) is 38.3 Å². The highest BCUT2D eigenvalue weighted by molar-refractivity contribution is 6.33. The zero-order valence-corrected chi connectivity index (χ0v) is 11.4. The molecule has 2 saturated carbocycles. The van der Waals surface area contributed by atoms with Crippen molar-refractivity contribution < 1.29 is 0 Å². The van der Waals surface area contributed by atoms with Gasteiger partial charge in [0.05, 0.1) is 11.2 Å². The van der Waals surface area contributed by atoms with Crippen LogP contribution in [0.4, 0.5) is 5.69 Å². The first kappa shape index (κ1) is 12.6. The number of nitrogens with zero attached hydrogens (tertiary/aromatic N) is 2. The van der Waals surface area contributed by atoms with Gasteiger partial charge in [0.15, 0.2) is 0 Å². The SMILES string of the molecule is C#CCn1ncc(Cl)c(NC(C2CC2)C2CC2)c1=O. The number of terminal acetylenes is 1. The Bertz CT molecular complexity index is 569. The molecule has 5 heteroatoms. The average Bonchev–Trinajstić information content (AvgIpc) is 3.26. The first-order valence-corrected chi connectivity index (χ1v) is 7.04. The summed E-state index contributed by atoms with van der Waals surface area (Å²) in [6.45, 7) is 0.169. The molecule has 1 heterocycles. The summed E-state index contributed by atoms with van der Waals surface area (Å²) >= 11 is 6.11. The molecule has 0 atom stereocenters. The maximum absolute atomic E-state index is 12.3. The summed E-state index contributed by atoms with van der Waals surface area (Å²) in [5, 5.41) is 7.69. The molecule has 2 aliphatic rings. The first-order valence-electron chi connectivity index (χ1n) is 6.66. The Morgan fingerprint density at radius 2 is 2.11 bits per heavy atom. The van der Waals surface area contributed by atoms with Gasteiger partial charge in [0, 0.05) is 6.04 Å². The van der Waals surface area contributed by atoms with Gasteiger partial charge in [-0.2, -0.15) is 5.10 Å². The Labute approximate surface area is 117 Å². The second kappa shape index (κ2) is 4.90. The Hall–Kier alpha value is -1.47. The van der Waals surface area contributed by atoms with Crippen molar-refractivity contribution >= 4 is 17.3 Å². The number of hydrogen-bond donors (Lipinski definition) is 1. The molecule has 2 fully saturated rings. The van der Waals surface area contributed by atoms with Gasteiger partial charge in [-0.05, 0) is 37.5 Å². The van der Waals surface area contributed by atoms with E-state index in [4.69, 9.17) is 18.0 Å². The minimum atomic E-state index is -0.225. The number of hydrogen-bond acceptors (Lipinski definition) is 3. The minimum Gasteiger partial charge on any atom is -0.376 e. The summed E-state index contributed by atoms with van der Waals surface area (Å²) in [6.07, 6.45) is 11.7. The van der Waals surface area contributed by atoms with Crippen molar-refractivity contribution in [3.05, 3.63) is 21.6 Å². The highest BCUT2D eigenvalue weighted by atomic mass is 35.5. The van der Waals surface area contributed by atoms with Crippen molar-refractivity contribution in [2.75, 3.05) is 5.32 Å². The zero-order chi connectivity index (χ0) is 13.4. The van der Waals surface area contributed by atoms with Crippen molar-refractivity contribution in [1.29, 1.82) is 0 Å². The second-order valence-electron chi connectivity index (χ2n) is 5.38. The monoisotopic (exact) mass is 277 g/mol. The standard InChI is InChI=1S/C14H16ClN3O/c1-2-7-18-14(19)13(11(15)8-16-18)17-12(9-3-4-9)10-5-6-10/h1,8-10,12,17H,3-7H2. The van der Waals surface area contributed by atoms with Crippen LogP contribution in [0, 0.1) is 24.2 Å². The molecule has 0 bridgehead atoms. The number of anilines is 1. The lowest BCUT2D eigenvalue weighted by Gasteiger charge is -2.19. The number of rotatable bonds is 5. The molecule has 2 aliphatic carbocycles. The smallest absolute Gasteiger partial charge is 0.292 e. The van der Waals surface area contributed by atoms with Crippen LogP contribution >= 0.6 is 11.6 Å². The fraction of sp³-hybridized carbons (Fsp3) is 0.571. The Balaban J connectivity index is 1.88. The molecule has 0 unspecified atom stereocenters. The Kier molecular flexibility index (Phi) is 3.24. The van der Waals surface area contributed by atoms with Crippen LogP contribution in [0.3, 0.4) is 0 Å². The molecule has 1 aromatic heterocycles. The van der Waals surface area contributed by atoms with Crippen LogP contribution in [0.2, 0.25) is 5.02 Å². The Morgan fingerprint density at radius 3 is 2.63 bits per heavy atom. The third-order valence-electron chi connectivity index (χ3n) is 3.81. The third-order valence-corrected chi connectivity index (χ3v) is 4.10. The van der Waals surface area contributed by atoms with E-state index >= 15 is 0 Å². The zero-order valence-electron chi connectivity index (χ0n) is 10.6. The molecule has 100 valence electrons. The molecule has 0 radical (unpaired) electrons. The van der Waals surface area contributed by atoms with E-state index in [1.54, 1.807) is 0 Å². The van der Waals surface area contributed by atoms with Crippen LogP contribution in [0.15, 0.2) is 11.0 Å². The number of nitrogens with one attached hydrogen (secondary N) is 1. The van der Waals surface area contributed by atoms with E-state index in [-0.39, 0.29) is 12.1 Å². The van der Waals surface area contributed by atoms with Gasteiger partial charge in [-0.3, -0.25) is 4.79 Å². The maximum Gasteiger partial charge on any atom is 0.292 e. The van der Waals surface area contributed by atoms with Gasteiger partial charge >= 0.3 is 0 Å². The summed E-state index contributed by atoms with van der Waals surface area (Å²) in [7, 11) is 0. The van der Waals surface area contributed by atoms with Gasteiger partial charge in [-0.15, -0.1) is 6.42 Å². The van der Waals surface area contributed by atoms with Crippen LogP contribution in [0.25, 0.3) is 0 Å². The predicted octanol–water partition coefficient (Wildman–Crippen LogP) is 2.13. The number of halogens is 1. The van der Waals surface area contributed by atoms with Crippen LogP contribution in [0.1, 0.15) is 25.7 Å². The van der Waals surface area contributed by atoms with E-state index in [1.807, 2.05) is 0 Å². The molecule has 19 heavy (non-hydrogen) atoms. The second-order valence-corrected chi connectivity index (χ2v) is 5.79. The average molecular weight is 278 g/mol. The Morgan fingerprint density at radius 1 is 1.47 bits per heavy atom. The normalized spacial score (nSPS) is 18.4. The van der Waals surface area contributed by atoms with Crippen LogP contribution in [0.5, 0.6) is 0 Å². The molecule has 0 saturated heterocycles. The molecule has 4 nitrogen and oxygen atoms in total. The van der Waals surface area contributed by atoms with Gasteiger partial charge in [0.25, 0.3) is 5.56 Å². The highest BCUT2D eigenvalue weighted by Crippen LogP contribution is 2.45. The molecular formula is C14H16ClN3O. The topological polar surface area (TPSA) is 46.9 Å². The number of aromatic nitrogens is 2. The summed E-state index contributed by atoms with van der Waals surface area (Å²) in [5.74, 6) is 3.81. The van der Waals surface area contributed by atoms with E-state index in [2.05, 4.69) is 16.3 Å². The maximum atomic E-state index is 12.3. The molecule has 0 aromatic carbocycles. The third kappa shape index (κ3) is 2.62. The van der Waals surface area contributed by atoms with Crippen LogP contribution in [-0.2, 0) is 6.54 Å². The summed E-state index contributed by atoms with van der Waals surface area (Å²) < 4.78 is 1.27. The van der Waals surface area contributed by atoms with Gasteiger partial charge in [0.2, 0.25) is 0 Å². The fourth-order valence-corrected chi connectivity index (χ4v) is 2.68. The first-order chi connectivity index (χ1) is 9.20. The molecule has 3 rings (SSSR count).